The lowest BCUT2D eigenvalue weighted by molar-refractivity contribution is -0.137. The van der Waals surface area contributed by atoms with Crippen LogP contribution < -0.4 is 39.5 Å². The molecule has 21 heteroatoms. The standard InChI is InChI=1S/C68H77F6N7O7Si/c1-42-56(68(72,73)74)53(34-54(57(42)70)79(37-43-21-27-48(83-8)28-22-43)38-44-23-29-49(84-9)30-24-44)59-58(71)60-55-61(78-63(77-60)85-41-67-31-16-32-80(67)39-45(69)35-67)75-36-47-26-25-46(81(47)64(82)88-65(2,3)4)33-50(87-62(55)76-59)40-86-89(66(5,6)7,51-17-12-10-13-18-51)52-19-14-11-15-20-52/h10-15,17-24,27-30,34,45-47,50H,16,25-26,31-33,35-41H2,1-9H3,(H,75,77,78)/t45-,46+,47-,50?,67+/m1/s1. The number of hydrogen-bond donors (Lipinski definition) is 1. The predicted octanol–water partition coefficient (Wildman–Crippen LogP) is 13.4. The molecule has 89 heavy (non-hydrogen) atoms. The van der Waals surface area contributed by atoms with E-state index in [0.717, 1.165) is 29.8 Å². The highest BCUT2D eigenvalue weighted by Gasteiger charge is 2.52. The van der Waals surface area contributed by atoms with Crippen molar-refractivity contribution in [1.82, 2.24) is 24.8 Å². The molecule has 0 saturated carbocycles. The Hall–Kier alpha value is -7.62. The average Bonchev–Trinajstić information content (AvgIpc) is 1.46. The number of benzene rings is 5. The fourth-order valence-electron chi connectivity index (χ4n) is 13.7. The normalized spacial score (nSPS) is 20.6. The Balaban J connectivity index is 1.13. The Morgan fingerprint density at radius 2 is 1.42 bits per heavy atom. The molecule has 1 N–H and O–H groups in total. The molecular formula is C68H77F6N7O7Si. The minimum absolute atomic E-state index is 0.0142. The lowest BCUT2D eigenvalue weighted by Crippen LogP contribution is -2.67. The van der Waals surface area contributed by atoms with E-state index >= 15 is 26.3 Å². The van der Waals surface area contributed by atoms with Gasteiger partial charge in [-0.05, 0) is 122 Å². The molecule has 472 valence electrons. The number of anilines is 2. The Kier molecular flexibility index (Phi) is 17.7. The third-order valence-electron chi connectivity index (χ3n) is 17.8. The van der Waals surface area contributed by atoms with Gasteiger partial charge in [0.25, 0.3) is 8.32 Å². The first-order valence-electron chi connectivity index (χ1n) is 30.4. The number of methoxy groups -OCH3 is 2. The van der Waals surface area contributed by atoms with E-state index < -0.39 is 101 Å². The molecule has 7 aromatic rings. The summed E-state index contributed by atoms with van der Waals surface area (Å²) in [5, 5.41) is 4.62. The summed E-state index contributed by atoms with van der Waals surface area (Å²) < 4.78 is 138. The Bertz CT molecular complexity index is 3580. The molecule has 0 radical (unpaired) electrons. The number of pyridine rings is 1. The second kappa shape index (κ2) is 25.0. The second-order valence-corrected chi connectivity index (χ2v) is 30.2. The molecule has 3 saturated heterocycles. The van der Waals surface area contributed by atoms with Crippen molar-refractivity contribution < 1.29 is 59.2 Å². The minimum atomic E-state index is -5.27. The summed E-state index contributed by atoms with van der Waals surface area (Å²) in [5.41, 5.74) is -4.97. The Labute approximate surface area is 517 Å². The van der Waals surface area contributed by atoms with Gasteiger partial charge in [-0.25, -0.2) is 22.9 Å². The molecule has 4 aliphatic heterocycles. The Morgan fingerprint density at radius 3 is 1.99 bits per heavy atom. The van der Waals surface area contributed by atoms with Crippen LogP contribution >= 0.6 is 0 Å². The smallest absolute Gasteiger partial charge is 0.417 e. The summed E-state index contributed by atoms with van der Waals surface area (Å²) in [5.74, 6) is -1.79. The molecule has 1 unspecified atom stereocenters. The molecule has 5 aromatic carbocycles. The number of rotatable bonds is 16. The molecule has 2 bridgehead atoms. The first-order chi connectivity index (χ1) is 42.4. The summed E-state index contributed by atoms with van der Waals surface area (Å²) in [6.07, 6.45) is -5.30. The van der Waals surface area contributed by atoms with Crippen LogP contribution in [0.1, 0.15) is 102 Å². The highest BCUT2D eigenvalue weighted by Crippen LogP contribution is 2.48. The van der Waals surface area contributed by atoms with Gasteiger partial charge in [-0.1, -0.05) is 106 Å². The van der Waals surface area contributed by atoms with Crippen molar-refractivity contribution in [3.8, 4) is 34.6 Å². The number of alkyl halides is 4. The second-order valence-electron chi connectivity index (χ2n) is 25.9. The van der Waals surface area contributed by atoms with Crippen LogP contribution in [0.3, 0.4) is 0 Å². The molecule has 2 aromatic heterocycles. The van der Waals surface area contributed by atoms with Gasteiger partial charge in [-0.15, -0.1) is 0 Å². The molecule has 0 aliphatic carbocycles. The average molecular weight is 1250 g/mol. The van der Waals surface area contributed by atoms with Crippen molar-refractivity contribution in [2.45, 2.75) is 147 Å². The lowest BCUT2D eigenvalue weighted by Gasteiger charge is -2.44. The highest BCUT2D eigenvalue weighted by atomic mass is 28.4. The first-order valence-corrected chi connectivity index (χ1v) is 32.3. The van der Waals surface area contributed by atoms with Crippen molar-refractivity contribution >= 4 is 47.2 Å². The fraction of sp³-hybridized carbons (Fsp3) is 0.441. The third kappa shape index (κ3) is 12.8. The molecule has 4 aliphatic rings. The van der Waals surface area contributed by atoms with Crippen LogP contribution in [0.4, 0.5) is 42.6 Å². The van der Waals surface area contributed by atoms with Gasteiger partial charge in [-0.2, -0.15) is 23.1 Å². The monoisotopic (exact) mass is 1250 g/mol. The summed E-state index contributed by atoms with van der Waals surface area (Å²) in [6.45, 7) is 13.4. The number of ether oxygens (including phenoxy) is 5. The molecule has 5 atom stereocenters. The summed E-state index contributed by atoms with van der Waals surface area (Å²) in [6, 6.07) is 33.5. The molecule has 6 heterocycles. The van der Waals surface area contributed by atoms with E-state index in [1.54, 1.807) is 79.1 Å². The third-order valence-corrected chi connectivity index (χ3v) is 22.8. The summed E-state index contributed by atoms with van der Waals surface area (Å²) in [4.78, 5) is 34.4. The number of nitrogens with zero attached hydrogens (tertiary/aromatic N) is 6. The maximum atomic E-state index is 18.8. The number of carbonyl (C=O) groups excluding carboxylic acids is 1. The Morgan fingerprint density at radius 1 is 0.809 bits per heavy atom. The fourth-order valence-corrected chi connectivity index (χ4v) is 18.3. The van der Waals surface area contributed by atoms with Crippen molar-refractivity contribution in [3.05, 3.63) is 149 Å². The van der Waals surface area contributed by atoms with Crippen molar-refractivity contribution in [1.29, 1.82) is 0 Å². The van der Waals surface area contributed by atoms with Gasteiger partial charge in [0.2, 0.25) is 5.88 Å². The van der Waals surface area contributed by atoms with Crippen LogP contribution in [0, 0.1) is 18.6 Å². The predicted molar refractivity (Wildman–Crippen MR) is 333 cm³/mol. The van der Waals surface area contributed by atoms with E-state index in [1.165, 1.54) is 14.2 Å². The van der Waals surface area contributed by atoms with Gasteiger partial charge in [0, 0.05) is 50.6 Å². The van der Waals surface area contributed by atoms with Crippen molar-refractivity contribution in [2.75, 3.05) is 57.3 Å². The number of nitrogens with one attached hydrogen (secondary N) is 1. The molecular weight excluding hydrogens is 1170 g/mol. The van der Waals surface area contributed by atoms with Gasteiger partial charge in [0.1, 0.15) is 64.2 Å². The minimum Gasteiger partial charge on any atom is -0.497 e. The van der Waals surface area contributed by atoms with Gasteiger partial charge in [-0.3, -0.25) is 4.90 Å². The van der Waals surface area contributed by atoms with Crippen LogP contribution in [-0.4, -0.2) is 122 Å². The number of amides is 1. The highest BCUT2D eigenvalue weighted by molar-refractivity contribution is 6.99. The molecule has 1 amide bonds. The zero-order chi connectivity index (χ0) is 63.2. The van der Waals surface area contributed by atoms with Crippen LogP contribution in [0.15, 0.2) is 115 Å². The zero-order valence-corrected chi connectivity index (χ0v) is 52.8. The number of halogens is 6. The van der Waals surface area contributed by atoms with Gasteiger partial charge < -0.3 is 43.2 Å². The van der Waals surface area contributed by atoms with E-state index in [9.17, 15) is 4.79 Å². The zero-order valence-electron chi connectivity index (χ0n) is 51.8. The first kappa shape index (κ1) is 63.0. The van der Waals surface area contributed by atoms with Crippen molar-refractivity contribution in [2.24, 2.45) is 0 Å². The SMILES string of the molecule is COc1ccc(CN(Cc2ccc(OC)cc2)c2cc(-c3nc4c5c(nc(OC[C@@]67CCCN6C[C@H](F)C7)nc5c3F)NC[C@H]3CC[C@@H](CC(CO[Si](c5ccccc5)(c5ccccc5)C(C)(C)C)O4)N3C(=O)OC(C)(C)C)c(C(F)(F)F)c(C)c2F)cc1. The van der Waals surface area contributed by atoms with E-state index in [1.807, 2.05) is 65.6 Å². The van der Waals surface area contributed by atoms with Crippen LogP contribution in [-0.2, 0) is 28.4 Å². The van der Waals surface area contributed by atoms with E-state index in [4.69, 9.17) is 43.1 Å². The lowest BCUT2D eigenvalue weighted by atomic mass is 9.95. The van der Waals surface area contributed by atoms with E-state index in [2.05, 4.69) is 26.1 Å². The summed E-state index contributed by atoms with van der Waals surface area (Å²) in [7, 11) is -0.343. The topological polar surface area (TPSA) is 133 Å². The van der Waals surface area contributed by atoms with Crippen LogP contribution in [0.5, 0.6) is 23.4 Å². The van der Waals surface area contributed by atoms with Crippen LogP contribution in [0.2, 0.25) is 5.04 Å². The van der Waals surface area contributed by atoms with Gasteiger partial charge in [0.05, 0.1) is 43.7 Å². The number of fused-ring (bicyclic) bond motifs is 3. The van der Waals surface area contributed by atoms with Gasteiger partial charge in [0.15, 0.2) is 5.82 Å². The van der Waals surface area contributed by atoms with Crippen LogP contribution in [0.25, 0.3) is 22.2 Å². The molecule has 3 fully saturated rings. The maximum absolute atomic E-state index is 18.8. The largest absolute Gasteiger partial charge is 0.497 e. The maximum Gasteiger partial charge on any atom is 0.417 e. The summed E-state index contributed by atoms with van der Waals surface area (Å²) >= 11 is 0. The number of hydrogen-bond acceptors (Lipinski definition) is 13. The van der Waals surface area contributed by atoms with Gasteiger partial charge >= 0.3 is 18.3 Å². The molecule has 11 rings (SSSR count). The molecule has 0 spiro atoms. The number of aromatic nitrogens is 3. The van der Waals surface area contributed by atoms with E-state index in [0.29, 0.717) is 48.4 Å². The number of carbonyl (C=O) groups is 1. The molecule has 14 nitrogen and oxygen atoms in total. The quantitative estimate of drug-likeness (QED) is 0.0728. The van der Waals surface area contributed by atoms with E-state index in [-0.39, 0.29) is 81.0 Å². The van der Waals surface area contributed by atoms with Crippen molar-refractivity contribution in [3.63, 3.8) is 0 Å².